The van der Waals surface area contributed by atoms with Crippen molar-refractivity contribution < 1.29 is 4.74 Å². The molecule has 1 aromatic carbocycles. The molecule has 0 bridgehead atoms. The summed E-state index contributed by atoms with van der Waals surface area (Å²) in [5.41, 5.74) is 0.894. The summed E-state index contributed by atoms with van der Waals surface area (Å²) < 4.78 is 5.64. The fourth-order valence-electron chi connectivity index (χ4n) is 1.84. The molecule has 4 heteroatoms. The smallest absolute Gasteiger partial charge is 0.130 e. The van der Waals surface area contributed by atoms with Crippen molar-refractivity contribution in [3.05, 3.63) is 36.5 Å². The SMILES string of the molecule is CC(C)NC(C#N)COc1ccc2cccnc2c1. The molecule has 2 aromatic rings. The molecule has 0 aliphatic heterocycles. The lowest BCUT2D eigenvalue weighted by molar-refractivity contribution is 0.283. The van der Waals surface area contributed by atoms with E-state index in [4.69, 9.17) is 10.00 Å². The van der Waals surface area contributed by atoms with Crippen LogP contribution in [0.2, 0.25) is 0 Å². The van der Waals surface area contributed by atoms with Crippen molar-refractivity contribution >= 4 is 10.9 Å². The molecule has 0 spiro atoms. The topological polar surface area (TPSA) is 57.9 Å². The van der Waals surface area contributed by atoms with Gasteiger partial charge in [-0.1, -0.05) is 6.07 Å². The fraction of sp³-hybridized carbons (Fsp3) is 0.333. The van der Waals surface area contributed by atoms with Gasteiger partial charge < -0.3 is 4.74 Å². The fourth-order valence-corrected chi connectivity index (χ4v) is 1.84. The molecule has 0 amide bonds. The number of nitrogens with one attached hydrogen (secondary N) is 1. The van der Waals surface area contributed by atoms with E-state index >= 15 is 0 Å². The van der Waals surface area contributed by atoms with Crippen LogP contribution in [-0.4, -0.2) is 23.7 Å². The Balaban J connectivity index is 2.03. The van der Waals surface area contributed by atoms with E-state index in [0.29, 0.717) is 6.61 Å². The first-order valence-electron chi connectivity index (χ1n) is 6.32. The van der Waals surface area contributed by atoms with Crippen LogP contribution in [0, 0.1) is 11.3 Å². The summed E-state index contributed by atoms with van der Waals surface area (Å²) in [6.45, 7) is 4.33. The lowest BCUT2D eigenvalue weighted by atomic mass is 10.2. The second-order valence-electron chi connectivity index (χ2n) is 4.67. The maximum Gasteiger partial charge on any atom is 0.130 e. The Labute approximate surface area is 113 Å². The number of nitriles is 1. The minimum absolute atomic E-state index is 0.256. The van der Waals surface area contributed by atoms with Crippen LogP contribution in [0.25, 0.3) is 10.9 Å². The van der Waals surface area contributed by atoms with E-state index in [1.54, 1.807) is 6.20 Å². The predicted molar refractivity (Wildman–Crippen MR) is 74.9 cm³/mol. The van der Waals surface area contributed by atoms with E-state index in [1.165, 1.54) is 0 Å². The minimum atomic E-state index is -0.306. The van der Waals surface area contributed by atoms with Crippen molar-refractivity contribution in [1.29, 1.82) is 5.26 Å². The number of benzene rings is 1. The highest BCUT2D eigenvalue weighted by molar-refractivity contribution is 5.79. The van der Waals surface area contributed by atoms with Crippen LogP contribution in [0.1, 0.15) is 13.8 Å². The summed E-state index contributed by atoms with van der Waals surface area (Å²) in [6.07, 6.45) is 1.75. The molecule has 0 aliphatic carbocycles. The Bertz CT molecular complexity index is 589. The maximum absolute atomic E-state index is 9.02. The van der Waals surface area contributed by atoms with Crippen LogP contribution in [0.3, 0.4) is 0 Å². The molecule has 2 rings (SSSR count). The number of ether oxygens (including phenoxy) is 1. The first-order chi connectivity index (χ1) is 9.19. The average Bonchev–Trinajstić information content (AvgIpc) is 2.42. The number of pyridine rings is 1. The molecule has 1 atom stereocenters. The van der Waals surface area contributed by atoms with Gasteiger partial charge in [-0.05, 0) is 32.0 Å². The van der Waals surface area contributed by atoms with E-state index in [-0.39, 0.29) is 12.1 Å². The Morgan fingerprint density at radius 1 is 1.37 bits per heavy atom. The van der Waals surface area contributed by atoms with Gasteiger partial charge in [0, 0.05) is 23.7 Å². The Morgan fingerprint density at radius 2 is 2.21 bits per heavy atom. The molecule has 0 saturated carbocycles. The van der Waals surface area contributed by atoms with E-state index in [1.807, 2.05) is 44.2 Å². The van der Waals surface area contributed by atoms with Crippen LogP contribution < -0.4 is 10.1 Å². The minimum Gasteiger partial charge on any atom is -0.491 e. The van der Waals surface area contributed by atoms with Crippen molar-refractivity contribution in [2.75, 3.05) is 6.61 Å². The zero-order valence-corrected chi connectivity index (χ0v) is 11.1. The van der Waals surface area contributed by atoms with Gasteiger partial charge in [0.05, 0.1) is 11.6 Å². The van der Waals surface area contributed by atoms with Gasteiger partial charge in [-0.2, -0.15) is 5.26 Å². The molecule has 4 nitrogen and oxygen atoms in total. The average molecular weight is 255 g/mol. The quantitative estimate of drug-likeness (QED) is 0.891. The van der Waals surface area contributed by atoms with Gasteiger partial charge in [-0.3, -0.25) is 10.3 Å². The second-order valence-corrected chi connectivity index (χ2v) is 4.67. The van der Waals surface area contributed by atoms with Gasteiger partial charge in [0.15, 0.2) is 0 Å². The third kappa shape index (κ3) is 3.67. The molecule has 0 saturated heterocycles. The number of rotatable bonds is 5. The number of hydrogen-bond donors (Lipinski definition) is 1. The van der Waals surface area contributed by atoms with Crippen LogP contribution in [0.4, 0.5) is 0 Å². The monoisotopic (exact) mass is 255 g/mol. The lowest BCUT2D eigenvalue weighted by Crippen LogP contribution is -2.37. The molecule has 1 aromatic heterocycles. The maximum atomic E-state index is 9.02. The normalized spacial score (nSPS) is 12.3. The Morgan fingerprint density at radius 3 is 2.95 bits per heavy atom. The summed E-state index contributed by atoms with van der Waals surface area (Å²) in [6, 6.07) is 11.8. The van der Waals surface area contributed by atoms with Crippen molar-refractivity contribution in [3.8, 4) is 11.8 Å². The van der Waals surface area contributed by atoms with E-state index in [2.05, 4.69) is 16.4 Å². The van der Waals surface area contributed by atoms with Crippen molar-refractivity contribution in [2.45, 2.75) is 25.9 Å². The summed E-state index contributed by atoms with van der Waals surface area (Å²) >= 11 is 0. The zero-order chi connectivity index (χ0) is 13.7. The molecule has 98 valence electrons. The van der Waals surface area contributed by atoms with Crippen LogP contribution in [0.15, 0.2) is 36.5 Å². The molecule has 1 N–H and O–H groups in total. The van der Waals surface area contributed by atoms with E-state index in [0.717, 1.165) is 16.7 Å². The highest BCUT2D eigenvalue weighted by Crippen LogP contribution is 2.18. The second kappa shape index (κ2) is 6.17. The molecule has 0 radical (unpaired) electrons. The highest BCUT2D eigenvalue weighted by Gasteiger charge is 2.09. The van der Waals surface area contributed by atoms with Gasteiger partial charge in [0.25, 0.3) is 0 Å². The van der Waals surface area contributed by atoms with Gasteiger partial charge >= 0.3 is 0 Å². The van der Waals surface area contributed by atoms with Gasteiger partial charge in [-0.15, -0.1) is 0 Å². The number of nitrogens with zero attached hydrogens (tertiary/aromatic N) is 2. The number of fused-ring (bicyclic) bond motifs is 1. The molecule has 19 heavy (non-hydrogen) atoms. The number of aromatic nitrogens is 1. The van der Waals surface area contributed by atoms with Crippen LogP contribution in [0.5, 0.6) is 5.75 Å². The lowest BCUT2D eigenvalue weighted by Gasteiger charge is -2.15. The summed E-state index contributed by atoms with van der Waals surface area (Å²) in [5, 5.41) is 13.2. The molecule has 0 aliphatic rings. The summed E-state index contributed by atoms with van der Waals surface area (Å²) in [4.78, 5) is 4.28. The Kier molecular flexibility index (Phi) is 4.32. The number of hydrogen-bond acceptors (Lipinski definition) is 4. The Hall–Kier alpha value is -2.12. The third-order valence-corrected chi connectivity index (χ3v) is 2.68. The first kappa shape index (κ1) is 13.3. The van der Waals surface area contributed by atoms with Crippen molar-refractivity contribution in [1.82, 2.24) is 10.3 Å². The zero-order valence-electron chi connectivity index (χ0n) is 11.1. The summed E-state index contributed by atoms with van der Waals surface area (Å²) in [5.74, 6) is 0.733. The molecule has 0 fully saturated rings. The molecular formula is C15H17N3O. The standard InChI is InChI=1S/C15H17N3O/c1-11(2)18-13(9-16)10-19-14-6-5-12-4-3-7-17-15(12)8-14/h3-8,11,13,18H,10H2,1-2H3. The van der Waals surface area contributed by atoms with Crippen LogP contribution >= 0.6 is 0 Å². The molecule has 1 heterocycles. The third-order valence-electron chi connectivity index (χ3n) is 2.68. The molecular weight excluding hydrogens is 238 g/mol. The highest BCUT2D eigenvalue weighted by atomic mass is 16.5. The van der Waals surface area contributed by atoms with Crippen LogP contribution in [-0.2, 0) is 0 Å². The first-order valence-corrected chi connectivity index (χ1v) is 6.32. The van der Waals surface area contributed by atoms with Gasteiger partial charge in [0.1, 0.15) is 18.4 Å². The van der Waals surface area contributed by atoms with Crippen molar-refractivity contribution in [3.63, 3.8) is 0 Å². The molecule has 1 unspecified atom stereocenters. The van der Waals surface area contributed by atoms with Gasteiger partial charge in [0.2, 0.25) is 0 Å². The van der Waals surface area contributed by atoms with Gasteiger partial charge in [-0.25, -0.2) is 0 Å². The van der Waals surface area contributed by atoms with Crippen molar-refractivity contribution in [2.24, 2.45) is 0 Å². The predicted octanol–water partition coefficient (Wildman–Crippen LogP) is 2.50. The summed E-state index contributed by atoms with van der Waals surface area (Å²) in [7, 11) is 0. The largest absolute Gasteiger partial charge is 0.491 e. The van der Waals surface area contributed by atoms with E-state index < -0.39 is 0 Å². The van der Waals surface area contributed by atoms with E-state index in [9.17, 15) is 0 Å².